The van der Waals surface area contributed by atoms with E-state index in [9.17, 15) is 4.79 Å². The van der Waals surface area contributed by atoms with Crippen molar-refractivity contribution in [1.82, 2.24) is 0 Å². The third-order valence-electron chi connectivity index (χ3n) is 4.69. The number of halogens is 1. The van der Waals surface area contributed by atoms with Crippen LogP contribution in [0.25, 0.3) is 0 Å². The molecule has 2 aromatic rings. The number of hydrogen-bond donors (Lipinski definition) is 0. The van der Waals surface area contributed by atoms with Gasteiger partial charge in [-0.25, -0.2) is 4.79 Å². The molecule has 4 heteroatoms. The Balaban J connectivity index is 1.97. The Bertz CT molecular complexity index is 678. The van der Waals surface area contributed by atoms with E-state index >= 15 is 0 Å². The highest BCUT2D eigenvalue weighted by Crippen LogP contribution is 2.19. The summed E-state index contributed by atoms with van der Waals surface area (Å²) >= 11 is 6.02. The first-order valence-corrected chi connectivity index (χ1v) is 8.74. The van der Waals surface area contributed by atoms with Gasteiger partial charge in [-0.15, -0.1) is 0 Å². The average Bonchev–Trinajstić information content (AvgIpc) is 2.61. The van der Waals surface area contributed by atoms with Gasteiger partial charge in [-0.3, -0.25) is 0 Å². The number of nitrogens with zero attached hydrogens (tertiary/aromatic N) is 1. The van der Waals surface area contributed by atoms with E-state index in [0.717, 1.165) is 30.5 Å². The summed E-state index contributed by atoms with van der Waals surface area (Å²) in [5, 5.41) is 0.398. The summed E-state index contributed by atoms with van der Waals surface area (Å²) in [5.74, 6) is 0.0986. The second-order valence-electron chi connectivity index (χ2n) is 6.24. The second kappa shape index (κ2) is 8.32. The van der Waals surface area contributed by atoms with Gasteiger partial charge in [-0.2, -0.15) is 0 Å². The fourth-order valence-corrected chi connectivity index (χ4v) is 2.66. The summed E-state index contributed by atoms with van der Waals surface area (Å²) in [7, 11) is 2.28. The maximum absolute atomic E-state index is 12.1. The van der Waals surface area contributed by atoms with Gasteiger partial charge in [0.05, 0.1) is 37.3 Å². The average molecular weight is 347 g/mol. The number of carbonyl (C=O) groups is 1. The third kappa shape index (κ3) is 4.83. The first kappa shape index (κ1) is 18.5. The van der Waals surface area contributed by atoms with Gasteiger partial charge in [0.2, 0.25) is 0 Å². The molecule has 0 saturated carbocycles. The van der Waals surface area contributed by atoms with Crippen LogP contribution < -0.4 is 4.74 Å². The summed E-state index contributed by atoms with van der Waals surface area (Å²) in [6.45, 7) is 7.81. The minimum Gasteiger partial charge on any atom is -0.423 e. The quantitative estimate of drug-likeness (QED) is 0.416. The van der Waals surface area contributed by atoms with Crippen LogP contribution in [0.2, 0.25) is 5.02 Å². The summed E-state index contributed by atoms with van der Waals surface area (Å²) in [5.41, 5.74) is 1.63. The molecule has 128 valence electrons. The second-order valence-corrected chi connectivity index (χ2v) is 6.65. The maximum Gasteiger partial charge on any atom is 0.345 e. The van der Waals surface area contributed by atoms with Crippen molar-refractivity contribution in [2.45, 2.75) is 20.3 Å². The first-order valence-electron chi connectivity index (χ1n) is 8.36. The number of rotatable bonds is 7. The molecule has 0 amide bonds. The summed E-state index contributed by atoms with van der Waals surface area (Å²) in [6, 6.07) is 14.6. The van der Waals surface area contributed by atoms with Crippen LogP contribution in [0, 0.1) is 0 Å². The monoisotopic (exact) mass is 346 g/mol. The molecule has 0 atom stereocenters. The van der Waals surface area contributed by atoms with Crippen molar-refractivity contribution in [2.75, 3.05) is 26.7 Å². The van der Waals surface area contributed by atoms with Crippen molar-refractivity contribution in [3.8, 4) is 5.75 Å². The molecular formula is C20H25ClNO2+. The standard InChI is InChI=1S/C20H25ClNO2/c1-4-22(3,5-2)15-14-16-10-12-17(13-11-16)24-20(23)18-8-6-7-9-19(18)21/h6-13H,4-5,14-15H2,1-3H3/q+1. The number of esters is 1. The van der Waals surface area contributed by atoms with Gasteiger partial charge in [0.1, 0.15) is 5.75 Å². The molecule has 0 radical (unpaired) electrons. The van der Waals surface area contributed by atoms with Crippen molar-refractivity contribution >= 4 is 17.6 Å². The van der Waals surface area contributed by atoms with Crippen molar-refractivity contribution < 1.29 is 14.0 Å². The molecule has 0 aliphatic rings. The van der Waals surface area contributed by atoms with Crippen LogP contribution in [0.5, 0.6) is 5.75 Å². The van der Waals surface area contributed by atoms with Gasteiger partial charge in [-0.05, 0) is 43.7 Å². The largest absolute Gasteiger partial charge is 0.423 e. The van der Waals surface area contributed by atoms with E-state index in [2.05, 4.69) is 20.9 Å². The zero-order chi connectivity index (χ0) is 17.6. The van der Waals surface area contributed by atoms with Crippen LogP contribution in [0.15, 0.2) is 48.5 Å². The van der Waals surface area contributed by atoms with Gasteiger partial charge in [0, 0.05) is 6.42 Å². The zero-order valence-electron chi connectivity index (χ0n) is 14.6. The Morgan fingerprint density at radius 2 is 1.67 bits per heavy atom. The summed E-state index contributed by atoms with van der Waals surface area (Å²) in [6.07, 6.45) is 1.01. The number of ether oxygens (including phenoxy) is 1. The fourth-order valence-electron chi connectivity index (χ4n) is 2.45. The number of quaternary nitrogens is 1. The molecule has 3 nitrogen and oxygen atoms in total. The number of benzene rings is 2. The fraction of sp³-hybridized carbons (Fsp3) is 0.350. The third-order valence-corrected chi connectivity index (χ3v) is 5.02. The normalized spacial score (nSPS) is 11.3. The lowest BCUT2D eigenvalue weighted by Crippen LogP contribution is -2.44. The molecule has 0 unspecified atom stereocenters. The lowest BCUT2D eigenvalue weighted by molar-refractivity contribution is -0.905. The Labute approximate surface area is 149 Å². The molecule has 0 fully saturated rings. The minimum atomic E-state index is -0.436. The number of carbonyl (C=O) groups excluding carboxylic acids is 1. The van der Waals surface area contributed by atoms with Crippen LogP contribution in [-0.4, -0.2) is 37.1 Å². The van der Waals surface area contributed by atoms with E-state index in [0.29, 0.717) is 16.3 Å². The molecule has 0 heterocycles. The van der Waals surface area contributed by atoms with E-state index in [1.54, 1.807) is 24.3 Å². The molecule has 2 rings (SSSR count). The highest BCUT2D eigenvalue weighted by atomic mass is 35.5. The lowest BCUT2D eigenvalue weighted by Gasteiger charge is -2.32. The Morgan fingerprint density at radius 1 is 1.04 bits per heavy atom. The van der Waals surface area contributed by atoms with Crippen molar-refractivity contribution in [3.63, 3.8) is 0 Å². The minimum absolute atomic E-state index is 0.377. The predicted molar refractivity (Wildman–Crippen MR) is 98.7 cm³/mol. The van der Waals surface area contributed by atoms with E-state index in [1.807, 2.05) is 24.3 Å². The van der Waals surface area contributed by atoms with Crippen LogP contribution in [-0.2, 0) is 6.42 Å². The SMILES string of the molecule is CC[N+](C)(CC)CCc1ccc(OC(=O)c2ccccc2Cl)cc1. The van der Waals surface area contributed by atoms with Gasteiger partial charge in [0.15, 0.2) is 0 Å². The topological polar surface area (TPSA) is 26.3 Å². The van der Waals surface area contributed by atoms with Crippen molar-refractivity contribution in [1.29, 1.82) is 0 Å². The Morgan fingerprint density at radius 3 is 2.25 bits per heavy atom. The van der Waals surface area contributed by atoms with Crippen molar-refractivity contribution in [2.24, 2.45) is 0 Å². The Kier molecular flexibility index (Phi) is 6.41. The van der Waals surface area contributed by atoms with E-state index in [1.165, 1.54) is 5.56 Å². The molecular weight excluding hydrogens is 322 g/mol. The molecule has 0 bridgehead atoms. The van der Waals surface area contributed by atoms with Crippen LogP contribution in [0.4, 0.5) is 0 Å². The smallest absolute Gasteiger partial charge is 0.345 e. The number of likely N-dealkylation sites (N-methyl/N-ethyl adjacent to an activating group) is 1. The zero-order valence-corrected chi connectivity index (χ0v) is 15.3. The van der Waals surface area contributed by atoms with E-state index in [-0.39, 0.29) is 0 Å². The Hall–Kier alpha value is -1.84. The predicted octanol–water partition coefficient (Wildman–Crippen LogP) is 4.59. The van der Waals surface area contributed by atoms with Gasteiger partial charge < -0.3 is 9.22 Å². The van der Waals surface area contributed by atoms with Crippen LogP contribution in [0.1, 0.15) is 29.8 Å². The summed E-state index contributed by atoms with van der Waals surface area (Å²) in [4.78, 5) is 12.1. The van der Waals surface area contributed by atoms with Crippen LogP contribution in [0.3, 0.4) is 0 Å². The van der Waals surface area contributed by atoms with Gasteiger partial charge in [0.25, 0.3) is 0 Å². The molecule has 0 aliphatic carbocycles. The molecule has 2 aromatic carbocycles. The molecule has 0 N–H and O–H groups in total. The molecule has 0 aromatic heterocycles. The van der Waals surface area contributed by atoms with E-state index < -0.39 is 5.97 Å². The first-order chi connectivity index (χ1) is 11.5. The maximum atomic E-state index is 12.1. The lowest BCUT2D eigenvalue weighted by atomic mass is 10.1. The molecule has 24 heavy (non-hydrogen) atoms. The van der Waals surface area contributed by atoms with Gasteiger partial charge >= 0.3 is 5.97 Å². The van der Waals surface area contributed by atoms with Crippen LogP contribution >= 0.6 is 11.6 Å². The molecule has 0 aliphatic heterocycles. The van der Waals surface area contributed by atoms with Crippen molar-refractivity contribution in [3.05, 3.63) is 64.7 Å². The molecule has 0 saturated heterocycles. The van der Waals surface area contributed by atoms with Gasteiger partial charge in [-0.1, -0.05) is 35.9 Å². The molecule has 0 spiro atoms. The van der Waals surface area contributed by atoms with E-state index in [4.69, 9.17) is 16.3 Å². The summed E-state index contributed by atoms with van der Waals surface area (Å²) < 4.78 is 6.46. The highest BCUT2D eigenvalue weighted by Gasteiger charge is 2.16. The number of hydrogen-bond acceptors (Lipinski definition) is 2. The highest BCUT2D eigenvalue weighted by molar-refractivity contribution is 6.33.